The number of carbonyl (C=O) groups is 2. The number of anilines is 1. The third-order valence-corrected chi connectivity index (χ3v) is 4.29. The van der Waals surface area contributed by atoms with Crippen LogP contribution in [-0.2, 0) is 4.79 Å². The molecule has 0 spiro atoms. The van der Waals surface area contributed by atoms with Crippen molar-refractivity contribution in [3.8, 4) is 0 Å². The van der Waals surface area contributed by atoms with Gasteiger partial charge in [0.15, 0.2) is 0 Å². The van der Waals surface area contributed by atoms with Crippen LogP contribution < -0.4 is 16.0 Å². The Hall–Kier alpha value is -1.59. The van der Waals surface area contributed by atoms with Gasteiger partial charge in [0.05, 0.1) is 10.7 Å². The molecule has 2 amide bonds. The molecule has 1 fully saturated rings. The predicted molar refractivity (Wildman–Crippen MR) is 83.7 cm³/mol. The number of hydrogen-bond donors (Lipinski definition) is 3. The number of halogens is 1. The van der Waals surface area contributed by atoms with Crippen LogP contribution in [0.1, 0.15) is 30.1 Å². The van der Waals surface area contributed by atoms with Crippen molar-refractivity contribution in [3.05, 3.63) is 28.8 Å². The molecular weight excluding hydrogens is 290 g/mol. The van der Waals surface area contributed by atoms with E-state index in [0.29, 0.717) is 16.3 Å². The maximum Gasteiger partial charge on any atom is 0.251 e. The van der Waals surface area contributed by atoms with Crippen LogP contribution in [0.2, 0.25) is 5.02 Å². The van der Waals surface area contributed by atoms with Crippen molar-refractivity contribution < 1.29 is 9.59 Å². The fourth-order valence-corrected chi connectivity index (χ4v) is 2.55. The second kappa shape index (κ2) is 6.45. The van der Waals surface area contributed by atoms with Crippen LogP contribution in [0.3, 0.4) is 0 Å². The highest BCUT2D eigenvalue weighted by Gasteiger charge is 2.34. The zero-order chi connectivity index (χ0) is 15.5. The van der Waals surface area contributed by atoms with Gasteiger partial charge in [-0.05, 0) is 44.1 Å². The van der Waals surface area contributed by atoms with Crippen LogP contribution >= 0.6 is 11.6 Å². The summed E-state index contributed by atoms with van der Waals surface area (Å²) in [5.74, 6) is -0.268. The largest absolute Gasteiger partial charge is 0.355 e. The number of rotatable bonds is 3. The monoisotopic (exact) mass is 309 g/mol. The third kappa shape index (κ3) is 3.54. The molecule has 114 valence electrons. The minimum Gasteiger partial charge on any atom is -0.355 e. The van der Waals surface area contributed by atoms with Crippen LogP contribution in [0.25, 0.3) is 0 Å². The van der Waals surface area contributed by atoms with Gasteiger partial charge >= 0.3 is 0 Å². The van der Waals surface area contributed by atoms with Gasteiger partial charge in [0.25, 0.3) is 5.91 Å². The molecule has 3 N–H and O–H groups in total. The summed E-state index contributed by atoms with van der Waals surface area (Å²) in [6.45, 7) is 3.62. The first-order chi connectivity index (χ1) is 9.96. The van der Waals surface area contributed by atoms with Crippen molar-refractivity contribution in [2.24, 2.45) is 5.41 Å². The molecule has 0 radical (unpaired) electrons. The Balaban J connectivity index is 2.18. The van der Waals surface area contributed by atoms with Gasteiger partial charge in [-0.3, -0.25) is 9.59 Å². The van der Waals surface area contributed by atoms with Crippen molar-refractivity contribution in [3.63, 3.8) is 0 Å². The molecule has 0 atom stereocenters. The summed E-state index contributed by atoms with van der Waals surface area (Å²) in [5.41, 5.74) is 0.535. The van der Waals surface area contributed by atoms with Crippen LogP contribution in [0.5, 0.6) is 0 Å². The molecule has 1 aromatic carbocycles. The summed E-state index contributed by atoms with van der Waals surface area (Å²) in [6.07, 6.45) is 1.57. The Morgan fingerprint density at radius 2 is 1.95 bits per heavy atom. The maximum atomic E-state index is 12.5. The molecule has 2 rings (SSSR count). The molecule has 0 saturated carbocycles. The number of piperidine rings is 1. The van der Waals surface area contributed by atoms with E-state index in [1.165, 1.54) is 0 Å². The molecule has 1 saturated heterocycles. The molecule has 1 aliphatic heterocycles. The van der Waals surface area contributed by atoms with Gasteiger partial charge < -0.3 is 16.0 Å². The lowest BCUT2D eigenvalue weighted by Gasteiger charge is -2.32. The van der Waals surface area contributed by atoms with Crippen LogP contribution in [0, 0.1) is 5.41 Å². The minimum absolute atomic E-state index is 0.0556. The average molecular weight is 310 g/mol. The second-order valence-corrected chi connectivity index (χ2v) is 5.95. The number of benzene rings is 1. The molecule has 0 aromatic heterocycles. The Morgan fingerprint density at radius 1 is 1.29 bits per heavy atom. The van der Waals surface area contributed by atoms with E-state index in [1.54, 1.807) is 25.2 Å². The molecule has 0 unspecified atom stereocenters. The Labute approximate surface area is 129 Å². The van der Waals surface area contributed by atoms with Gasteiger partial charge in [-0.2, -0.15) is 0 Å². The molecule has 5 nitrogen and oxygen atoms in total. The van der Waals surface area contributed by atoms with E-state index in [0.717, 1.165) is 25.9 Å². The van der Waals surface area contributed by atoms with Crippen molar-refractivity contribution >= 4 is 29.1 Å². The van der Waals surface area contributed by atoms with E-state index in [-0.39, 0.29) is 11.8 Å². The highest BCUT2D eigenvalue weighted by atomic mass is 35.5. The highest BCUT2D eigenvalue weighted by Crippen LogP contribution is 2.31. The molecule has 6 heteroatoms. The van der Waals surface area contributed by atoms with Crippen LogP contribution in [0.4, 0.5) is 5.69 Å². The van der Waals surface area contributed by atoms with E-state index in [1.807, 2.05) is 6.92 Å². The summed E-state index contributed by atoms with van der Waals surface area (Å²) in [7, 11) is 1.56. The molecule has 21 heavy (non-hydrogen) atoms. The lowest BCUT2D eigenvalue weighted by Crippen LogP contribution is -2.42. The maximum absolute atomic E-state index is 12.5. The summed E-state index contributed by atoms with van der Waals surface area (Å²) in [4.78, 5) is 24.1. The standard InChI is InChI=1S/C15H20ClN3O2/c1-15(5-7-18-8-6-15)14(21)19-12-9-10(13(20)17-2)3-4-11(12)16/h3-4,9,18H,5-8H2,1-2H3,(H,17,20)(H,19,21). The lowest BCUT2D eigenvalue weighted by atomic mass is 9.80. The van der Waals surface area contributed by atoms with Crippen molar-refractivity contribution in [2.75, 3.05) is 25.5 Å². The second-order valence-electron chi connectivity index (χ2n) is 5.54. The van der Waals surface area contributed by atoms with Crippen LogP contribution in [-0.4, -0.2) is 32.0 Å². The summed E-state index contributed by atoms with van der Waals surface area (Å²) >= 11 is 6.11. The van der Waals surface area contributed by atoms with E-state index >= 15 is 0 Å². The van der Waals surface area contributed by atoms with E-state index < -0.39 is 5.41 Å². The average Bonchev–Trinajstić information content (AvgIpc) is 2.49. The molecule has 1 heterocycles. The normalized spacial score (nSPS) is 17.1. The smallest absolute Gasteiger partial charge is 0.251 e. The Kier molecular flexibility index (Phi) is 4.85. The zero-order valence-corrected chi connectivity index (χ0v) is 13.0. The molecule has 1 aromatic rings. The first-order valence-electron chi connectivity index (χ1n) is 7.00. The molecule has 0 aliphatic carbocycles. The minimum atomic E-state index is -0.405. The highest BCUT2D eigenvalue weighted by molar-refractivity contribution is 6.34. The molecule has 1 aliphatic rings. The fraction of sp³-hybridized carbons (Fsp3) is 0.467. The van der Waals surface area contributed by atoms with Gasteiger partial charge in [-0.1, -0.05) is 18.5 Å². The summed E-state index contributed by atoms with van der Waals surface area (Å²) in [5, 5.41) is 9.08. The van der Waals surface area contributed by atoms with Crippen molar-refractivity contribution in [2.45, 2.75) is 19.8 Å². The summed E-state index contributed by atoms with van der Waals surface area (Å²) < 4.78 is 0. The number of hydrogen-bond acceptors (Lipinski definition) is 3. The first kappa shape index (κ1) is 15.8. The van der Waals surface area contributed by atoms with Gasteiger partial charge in [0, 0.05) is 18.0 Å². The van der Waals surface area contributed by atoms with Gasteiger partial charge in [-0.15, -0.1) is 0 Å². The van der Waals surface area contributed by atoms with E-state index in [2.05, 4.69) is 16.0 Å². The topological polar surface area (TPSA) is 70.2 Å². The summed E-state index contributed by atoms with van der Waals surface area (Å²) in [6, 6.07) is 4.85. The Bertz CT molecular complexity index is 554. The van der Waals surface area contributed by atoms with Crippen molar-refractivity contribution in [1.29, 1.82) is 0 Å². The Morgan fingerprint density at radius 3 is 2.57 bits per heavy atom. The molecule has 0 bridgehead atoms. The fourth-order valence-electron chi connectivity index (χ4n) is 2.39. The zero-order valence-electron chi connectivity index (χ0n) is 12.3. The SMILES string of the molecule is CNC(=O)c1ccc(Cl)c(NC(=O)C2(C)CCNCC2)c1. The van der Waals surface area contributed by atoms with Crippen molar-refractivity contribution in [1.82, 2.24) is 10.6 Å². The molecular formula is C15H20ClN3O2. The third-order valence-electron chi connectivity index (χ3n) is 3.96. The number of nitrogens with one attached hydrogen (secondary N) is 3. The number of carbonyl (C=O) groups excluding carboxylic acids is 2. The predicted octanol–water partition coefficient (Wildman–Crippen LogP) is 2.03. The number of amides is 2. The first-order valence-corrected chi connectivity index (χ1v) is 7.38. The van der Waals surface area contributed by atoms with Gasteiger partial charge in [-0.25, -0.2) is 0 Å². The van der Waals surface area contributed by atoms with E-state index in [9.17, 15) is 9.59 Å². The van der Waals surface area contributed by atoms with Gasteiger partial charge in [0.2, 0.25) is 5.91 Å². The van der Waals surface area contributed by atoms with E-state index in [4.69, 9.17) is 11.6 Å². The van der Waals surface area contributed by atoms with Crippen LogP contribution in [0.15, 0.2) is 18.2 Å². The van der Waals surface area contributed by atoms with Gasteiger partial charge in [0.1, 0.15) is 0 Å². The lowest BCUT2D eigenvalue weighted by molar-refractivity contribution is -0.126. The quantitative estimate of drug-likeness (QED) is 0.800.